The number of piperidine rings is 1. The van der Waals surface area contributed by atoms with Crippen LogP contribution < -0.4 is 0 Å². The van der Waals surface area contributed by atoms with E-state index in [0.717, 1.165) is 25.9 Å². The lowest BCUT2D eigenvalue weighted by atomic mass is 10.1. The van der Waals surface area contributed by atoms with Crippen LogP contribution in [0.25, 0.3) is 0 Å². The number of hydrogen-bond acceptors (Lipinski definition) is 1. The van der Waals surface area contributed by atoms with Crippen LogP contribution in [-0.2, 0) is 11.3 Å². The largest absolute Gasteiger partial charge is 0.345 e. The molecule has 3 nitrogen and oxygen atoms in total. The van der Waals surface area contributed by atoms with Crippen molar-refractivity contribution >= 4 is 5.91 Å². The van der Waals surface area contributed by atoms with Gasteiger partial charge in [0.05, 0.1) is 0 Å². The number of likely N-dealkylation sites (tertiary alicyclic amines) is 1. The van der Waals surface area contributed by atoms with Crippen molar-refractivity contribution in [2.75, 3.05) is 13.1 Å². The van der Waals surface area contributed by atoms with Crippen molar-refractivity contribution < 1.29 is 4.79 Å². The molecule has 3 heteroatoms. The summed E-state index contributed by atoms with van der Waals surface area (Å²) in [6.45, 7) is 2.38. The lowest BCUT2D eigenvalue weighted by molar-refractivity contribution is -0.132. The van der Waals surface area contributed by atoms with Crippen LogP contribution in [0.4, 0.5) is 0 Å². The number of nitrogens with zero attached hydrogens (tertiary/aromatic N) is 2. The summed E-state index contributed by atoms with van der Waals surface area (Å²) in [5, 5.41) is 0. The number of carbonyl (C=O) groups is 1. The highest BCUT2D eigenvalue weighted by Crippen LogP contribution is 2.09. The number of carbonyl (C=O) groups excluding carboxylic acids is 1. The molecule has 2 rings (SSSR count). The number of rotatable bonds is 2. The summed E-state index contributed by atoms with van der Waals surface area (Å²) in [5.41, 5.74) is 0. The van der Waals surface area contributed by atoms with Crippen LogP contribution in [0.3, 0.4) is 0 Å². The summed E-state index contributed by atoms with van der Waals surface area (Å²) in [4.78, 5) is 13.7. The molecule has 1 aromatic heterocycles. The molecule has 1 amide bonds. The lowest BCUT2D eigenvalue weighted by Crippen LogP contribution is -2.37. The quantitative estimate of drug-likeness (QED) is 0.697. The van der Waals surface area contributed by atoms with Gasteiger partial charge < -0.3 is 9.47 Å². The van der Waals surface area contributed by atoms with E-state index in [2.05, 4.69) is 0 Å². The van der Waals surface area contributed by atoms with E-state index in [0.29, 0.717) is 6.54 Å². The molecule has 0 atom stereocenters. The van der Waals surface area contributed by atoms with Crippen LogP contribution in [0.2, 0.25) is 0 Å². The maximum atomic E-state index is 11.8. The fraction of sp³-hybridized carbons (Fsp3) is 0.545. The Labute approximate surface area is 84.3 Å². The highest BCUT2D eigenvalue weighted by atomic mass is 16.2. The van der Waals surface area contributed by atoms with E-state index in [-0.39, 0.29) is 5.91 Å². The Bertz CT molecular complexity index is 286. The predicted octanol–water partition coefficient (Wildman–Crippen LogP) is 1.50. The van der Waals surface area contributed by atoms with E-state index >= 15 is 0 Å². The molecule has 0 spiro atoms. The van der Waals surface area contributed by atoms with Crippen LogP contribution in [0.5, 0.6) is 0 Å². The normalized spacial score (nSPS) is 17.0. The third-order valence-electron chi connectivity index (χ3n) is 2.69. The Morgan fingerprint density at radius 1 is 1.07 bits per heavy atom. The van der Waals surface area contributed by atoms with Crippen molar-refractivity contribution in [3.05, 3.63) is 24.5 Å². The van der Waals surface area contributed by atoms with Crippen molar-refractivity contribution in [2.45, 2.75) is 25.8 Å². The first kappa shape index (κ1) is 9.31. The molecule has 0 radical (unpaired) electrons. The van der Waals surface area contributed by atoms with Gasteiger partial charge in [-0.05, 0) is 31.4 Å². The summed E-state index contributed by atoms with van der Waals surface area (Å²) < 4.78 is 1.93. The zero-order chi connectivity index (χ0) is 9.80. The Balaban J connectivity index is 1.88. The van der Waals surface area contributed by atoms with E-state index in [4.69, 9.17) is 0 Å². The average Bonchev–Trinajstić information content (AvgIpc) is 2.72. The first-order valence-electron chi connectivity index (χ1n) is 5.25. The van der Waals surface area contributed by atoms with E-state index in [1.165, 1.54) is 6.42 Å². The Morgan fingerprint density at radius 3 is 2.36 bits per heavy atom. The molecular weight excluding hydrogens is 176 g/mol. The summed E-state index contributed by atoms with van der Waals surface area (Å²) in [7, 11) is 0. The van der Waals surface area contributed by atoms with Crippen LogP contribution in [-0.4, -0.2) is 28.5 Å². The van der Waals surface area contributed by atoms with Crippen molar-refractivity contribution in [3.63, 3.8) is 0 Å². The van der Waals surface area contributed by atoms with Gasteiger partial charge in [0.1, 0.15) is 6.54 Å². The predicted molar refractivity (Wildman–Crippen MR) is 54.9 cm³/mol. The summed E-state index contributed by atoms with van der Waals surface area (Å²) in [6.07, 6.45) is 7.46. The standard InChI is InChI=1S/C11H16N2O/c14-11(10-12-6-4-5-7-12)13-8-2-1-3-9-13/h4-7H,1-3,8-10H2. The van der Waals surface area contributed by atoms with Gasteiger partial charge in [-0.2, -0.15) is 0 Å². The first-order valence-corrected chi connectivity index (χ1v) is 5.25. The monoisotopic (exact) mass is 192 g/mol. The molecule has 76 valence electrons. The maximum Gasteiger partial charge on any atom is 0.242 e. The van der Waals surface area contributed by atoms with Gasteiger partial charge in [-0.25, -0.2) is 0 Å². The molecule has 0 N–H and O–H groups in total. The highest BCUT2D eigenvalue weighted by Gasteiger charge is 2.15. The molecule has 1 saturated heterocycles. The third kappa shape index (κ3) is 2.16. The van der Waals surface area contributed by atoms with Gasteiger partial charge in [-0.3, -0.25) is 4.79 Å². The molecule has 0 unspecified atom stereocenters. The van der Waals surface area contributed by atoms with Crippen molar-refractivity contribution in [1.82, 2.24) is 9.47 Å². The van der Waals surface area contributed by atoms with Gasteiger partial charge in [0.25, 0.3) is 0 Å². The zero-order valence-corrected chi connectivity index (χ0v) is 8.35. The lowest BCUT2D eigenvalue weighted by Gasteiger charge is -2.26. The molecule has 14 heavy (non-hydrogen) atoms. The van der Waals surface area contributed by atoms with Crippen LogP contribution in [0.15, 0.2) is 24.5 Å². The molecular formula is C11H16N2O. The molecule has 1 aromatic rings. The van der Waals surface area contributed by atoms with Crippen LogP contribution in [0.1, 0.15) is 19.3 Å². The number of hydrogen-bond donors (Lipinski definition) is 0. The average molecular weight is 192 g/mol. The maximum absolute atomic E-state index is 11.8. The van der Waals surface area contributed by atoms with Gasteiger partial charge in [-0.1, -0.05) is 0 Å². The fourth-order valence-corrected chi connectivity index (χ4v) is 1.88. The molecule has 0 aliphatic carbocycles. The van der Waals surface area contributed by atoms with Gasteiger partial charge >= 0.3 is 0 Å². The molecule has 0 aromatic carbocycles. The smallest absolute Gasteiger partial charge is 0.242 e. The Kier molecular flexibility index (Phi) is 2.87. The highest BCUT2D eigenvalue weighted by molar-refractivity contribution is 5.76. The number of aromatic nitrogens is 1. The second-order valence-corrected chi connectivity index (χ2v) is 3.80. The minimum absolute atomic E-state index is 0.251. The van der Waals surface area contributed by atoms with Crippen molar-refractivity contribution in [1.29, 1.82) is 0 Å². The third-order valence-corrected chi connectivity index (χ3v) is 2.69. The van der Waals surface area contributed by atoms with E-state index in [1.54, 1.807) is 0 Å². The van der Waals surface area contributed by atoms with Crippen molar-refractivity contribution in [2.24, 2.45) is 0 Å². The first-order chi connectivity index (χ1) is 6.86. The van der Waals surface area contributed by atoms with E-state index in [9.17, 15) is 4.79 Å². The van der Waals surface area contributed by atoms with E-state index < -0.39 is 0 Å². The molecule has 1 aliphatic heterocycles. The van der Waals surface area contributed by atoms with Gasteiger partial charge in [-0.15, -0.1) is 0 Å². The van der Waals surface area contributed by atoms with Gasteiger partial charge in [0, 0.05) is 25.5 Å². The summed E-state index contributed by atoms with van der Waals surface area (Å²) >= 11 is 0. The Hall–Kier alpha value is -1.25. The Morgan fingerprint density at radius 2 is 1.71 bits per heavy atom. The number of amides is 1. The van der Waals surface area contributed by atoms with Crippen molar-refractivity contribution in [3.8, 4) is 0 Å². The van der Waals surface area contributed by atoms with Gasteiger partial charge in [0.15, 0.2) is 0 Å². The van der Waals surface area contributed by atoms with Crippen LogP contribution in [0, 0.1) is 0 Å². The topological polar surface area (TPSA) is 25.2 Å². The molecule has 1 aliphatic rings. The SMILES string of the molecule is O=C(Cn1cccc1)N1CCCCC1. The molecule has 0 saturated carbocycles. The fourth-order valence-electron chi connectivity index (χ4n) is 1.88. The molecule has 2 heterocycles. The molecule has 1 fully saturated rings. The summed E-state index contributed by atoms with van der Waals surface area (Å²) in [5.74, 6) is 0.251. The second-order valence-electron chi connectivity index (χ2n) is 3.80. The summed E-state index contributed by atoms with van der Waals surface area (Å²) in [6, 6.07) is 3.90. The molecule has 0 bridgehead atoms. The minimum Gasteiger partial charge on any atom is -0.345 e. The van der Waals surface area contributed by atoms with Gasteiger partial charge in [0.2, 0.25) is 5.91 Å². The second kappa shape index (κ2) is 4.31. The minimum atomic E-state index is 0.251. The zero-order valence-electron chi connectivity index (χ0n) is 8.35. The van der Waals surface area contributed by atoms with Crippen LogP contribution >= 0.6 is 0 Å². The van der Waals surface area contributed by atoms with E-state index in [1.807, 2.05) is 34.0 Å².